The van der Waals surface area contributed by atoms with Gasteiger partial charge in [-0.1, -0.05) is 12.1 Å². The van der Waals surface area contributed by atoms with Crippen molar-refractivity contribution in [1.82, 2.24) is 14.9 Å². The molecule has 1 aliphatic carbocycles. The average molecular weight is 484 g/mol. The Morgan fingerprint density at radius 2 is 1.94 bits per heavy atom. The molecule has 1 saturated carbocycles. The van der Waals surface area contributed by atoms with E-state index in [0.29, 0.717) is 30.0 Å². The van der Waals surface area contributed by atoms with Gasteiger partial charge in [0, 0.05) is 41.6 Å². The minimum Gasteiger partial charge on any atom is -0.338 e. The highest BCUT2D eigenvalue weighted by atomic mass is 19.1. The number of fused-ring (bicyclic) bond motifs is 2. The Hall–Kier alpha value is -4.29. The topological polar surface area (TPSA) is 97.2 Å². The van der Waals surface area contributed by atoms with Crippen LogP contribution in [0, 0.1) is 17.1 Å². The molecule has 2 heterocycles. The second-order valence-electron chi connectivity index (χ2n) is 9.43. The summed E-state index contributed by atoms with van der Waals surface area (Å²) < 4.78 is 14.6. The van der Waals surface area contributed by atoms with Crippen molar-refractivity contribution >= 4 is 34.7 Å². The molecular weight excluding hydrogens is 457 g/mol. The van der Waals surface area contributed by atoms with E-state index in [1.165, 1.54) is 0 Å². The third kappa shape index (κ3) is 4.76. The van der Waals surface area contributed by atoms with Crippen molar-refractivity contribution in [2.24, 2.45) is 0 Å². The van der Waals surface area contributed by atoms with Crippen molar-refractivity contribution in [3.8, 4) is 6.07 Å². The summed E-state index contributed by atoms with van der Waals surface area (Å²) in [5.41, 5.74) is 3.89. The highest BCUT2D eigenvalue weighted by Crippen LogP contribution is 2.57. The van der Waals surface area contributed by atoms with Gasteiger partial charge in [0.15, 0.2) is 11.6 Å². The number of hydrogen-bond donors (Lipinski definition) is 2. The lowest BCUT2D eigenvalue weighted by molar-refractivity contribution is -0.114. The lowest BCUT2D eigenvalue weighted by Gasteiger charge is -2.17. The van der Waals surface area contributed by atoms with E-state index in [9.17, 15) is 9.18 Å². The number of carbonyl (C=O) groups excluding carboxylic acids is 1. The van der Waals surface area contributed by atoms with Crippen LogP contribution in [-0.4, -0.2) is 48.0 Å². The maximum atomic E-state index is 14.6. The number of aromatic nitrogens is 2. The third-order valence-corrected chi connectivity index (χ3v) is 6.45. The van der Waals surface area contributed by atoms with Crippen molar-refractivity contribution in [1.29, 1.82) is 5.26 Å². The number of nitriles is 1. The molecule has 9 heteroatoms. The number of anilines is 5. The SMILES string of the molecule is CN(C)CC=CC(=O)N1CC2(CC2)c2ccc(Nc3nc(Nc4ccc(C#N)cc4)ncc3F)cc21. The number of rotatable bonds is 7. The second kappa shape index (κ2) is 9.40. The Labute approximate surface area is 209 Å². The molecule has 0 saturated heterocycles. The van der Waals surface area contributed by atoms with Crippen LogP contribution in [0.3, 0.4) is 0 Å². The van der Waals surface area contributed by atoms with E-state index in [1.54, 1.807) is 30.3 Å². The zero-order chi connectivity index (χ0) is 25.3. The van der Waals surface area contributed by atoms with Gasteiger partial charge in [0.2, 0.25) is 5.95 Å². The number of hydrogen-bond acceptors (Lipinski definition) is 7. The Balaban J connectivity index is 1.37. The standard InChI is InChI=1S/C27H26FN7O/c1-34(2)13-3-4-24(36)35-17-27(11-12-27)21-10-9-20(14-23(21)35)31-25-22(28)16-30-26(33-25)32-19-7-5-18(15-29)6-8-19/h3-10,14,16H,11-13,17H2,1-2H3,(H2,30,31,32,33). The van der Waals surface area contributed by atoms with Crippen molar-refractivity contribution < 1.29 is 9.18 Å². The van der Waals surface area contributed by atoms with Crippen LogP contribution in [0.15, 0.2) is 60.8 Å². The fourth-order valence-electron chi connectivity index (χ4n) is 4.39. The Morgan fingerprint density at radius 3 is 2.64 bits per heavy atom. The maximum Gasteiger partial charge on any atom is 0.250 e. The Bertz CT molecular complexity index is 1370. The molecule has 2 aliphatic rings. The average Bonchev–Trinajstić information content (AvgIpc) is 3.57. The van der Waals surface area contributed by atoms with Crippen LogP contribution in [0.25, 0.3) is 0 Å². The van der Waals surface area contributed by atoms with Crippen LogP contribution >= 0.6 is 0 Å². The Morgan fingerprint density at radius 1 is 1.19 bits per heavy atom. The van der Waals surface area contributed by atoms with Crippen molar-refractivity contribution in [3.63, 3.8) is 0 Å². The molecule has 8 nitrogen and oxygen atoms in total. The van der Waals surface area contributed by atoms with E-state index in [-0.39, 0.29) is 23.1 Å². The molecule has 1 fully saturated rings. The maximum absolute atomic E-state index is 14.6. The van der Waals surface area contributed by atoms with Gasteiger partial charge in [0.25, 0.3) is 5.91 Å². The molecular formula is C27H26FN7O. The fourth-order valence-corrected chi connectivity index (χ4v) is 4.39. The van der Waals surface area contributed by atoms with Gasteiger partial charge in [-0.25, -0.2) is 9.37 Å². The molecule has 2 N–H and O–H groups in total. The molecule has 1 amide bonds. The normalized spacial score (nSPS) is 15.2. The van der Waals surface area contributed by atoms with Crippen LogP contribution in [-0.2, 0) is 10.2 Å². The van der Waals surface area contributed by atoms with E-state index in [2.05, 4.69) is 26.7 Å². The number of benzene rings is 2. The zero-order valence-corrected chi connectivity index (χ0v) is 20.1. The minimum absolute atomic E-state index is 0.0176. The van der Waals surface area contributed by atoms with E-state index in [1.807, 2.05) is 48.2 Å². The zero-order valence-electron chi connectivity index (χ0n) is 20.1. The molecule has 5 rings (SSSR count). The monoisotopic (exact) mass is 483 g/mol. The summed E-state index contributed by atoms with van der Waals surface area (Å²) in [5, 5.41) is 15.0. The molecule has 36 heavy (non-hydrogen) atoms. The quantitative estimate of drug-likeness (QED) is 0.479. The molecule has 1 aliphatic heterocycles. The van der Waals surface area contributed by atoms with Crippen LogP contribution in [0.4, 0.5) is 33.2 Å². The van der Waals surface area contributed by atoms with E-state index < -0.39 is 5.82 Å². The lowest BCUT2D eigenvalue weighted by Crippen LogP contribution is -2.30. The van der Waals surface area contributed by atoms with Crippen LogP contribution < -0.4 is 15.5 Å². The summed E-state index contributed by atoms with van der Waals surface area (Å²) in [6, 6.07) is 14.7. The van der Waals surface area contributed by atoms with Crippen molar-refractivity contribution in [2.75, 3.05) is 42.7 Å². The molecule has 0 unspecified atom stereocenters. The molecule has 2 aromatic carbocycles. The molecule has 0 bridgehead atoms. The van der Waals surface area contributed by atoms with E-state index >= 15 is 0 Å². The van der Waals surface area contributed by atoms with Gasteiger partial charge in [-0.3, -0.25) is 4.79 Å². The first kappa shape index (κ1) is 23.5. The summed E-state index contributed by atoms with van der Waals surface area (Å²) in [6.07, 6.45) is 6.70. The number of amides is 1. The summed E-state index contributed by atoms with van der Waals surface area (Å²) in [6.45, 7) is 1.35. The van der Waals surface area contributed by atoms with Gasteiger partial charge in [0.1, 0.15) is 0 Å². The van der Waals surface area contributed by atoms with Crippen molar-refractivity contribution in [3.05, 3.63) is 77.8 Å². The molecule has 182 valence electrons. The number of carbonyl (C=O) groups is 1. The lowest BCUT2D eigenvalue weighted by atomic mass is 9.98. The number of nitrogens with one attached hydrogen (secondary N) is 2. The predicted octanol–water partition coefficient (Wildman–Crippen LogP) is 4.47. The van der Waals surface area contributed by atoms with E-state index in [4.69, 9.17) is 5.26 Å². The van der Waals surface area contributed by atoms with Crippen LogP contribution in [0.5, 0.6) is 0 Å². The highest BCUT2D eigenvalue weighted by Gasteiger charge is 2.52. The fraction of sp³-hybridized carbons (Fsp3) is 0.259. The van der Waals surface area contributed by atoms with Crippen molar-refractivity contribution in [2.45, 2.75) is 18.3 Å². The molecule has 0 radical (unpaired) electrons. The predicted molar refractivity (Wildman–Crippen MR) is 137 cm³/mol. The first-order valence-electron chi connectivity index (χ1n) is 11.7. The number of likely N-dealkylation sites (N-methyl/N-ethyl adjacent to an activating group) is 1. The summed E-state index contributed by atoms with van der Waals surface area (Å²) in [5.74, 6) is -0.422. The van der Waals surface area contributed by atoms with Gasteiger partial charge in [0.05, 0.1) is 17.8 Å². The largest absolute Gasteiger partial charge is 0.338 e. The summed E-state index contributed by atoms with van der Waals surface area (Å²) >= 11 is 0. The molecule has 3 aromatic rings. The minimum atomic E-state index is -0.598. The smallest absolute Gasteiger partial charge is 0.250 e. The molecule has 1 aromatic heterocycles. The molecule has 0 atom stereocenters. The van der Waals surface area contributed by atoms with Gasteiger partial charge in [-0.15, -0.1) is 0 Å². The summed E-state index contributed by atoms with van der Waals surface area (Å²) in [4.78, 5) is 25.1. The van der Waals surface area contributed by atoms with E-state index in [0.717, 1.165) is 30.3 Å². The first-order chi connectivity index (χ1) is 17.4. The van der Waals surface area contributed by atoms with Crippen LogP contribution in [0.2, 0.25) is 0 Å². The number of nitrogens with zero attached hydrogens (tertiary/aromatic N) is 5. The first-order valence-corrected chi connectivity index (χ1v) is 11.7. The Kier molecular flexibility index (Phi) is 6.12. The third-order valence-electron chi connectivity index (χ3n) is 6.45. The number of halogens is 1. The van der Waals surface area contributed by atoms with Gasteiger partial charge >= 0.3 is 0 Å². The van der Waals surface area contributed by atoms with Gasteiger partial charge in [-0.2, -0.15) is 10.2 Å². The highest BCUT2D eigenvalue weighted by molar-refractivity contribution is 6.04. The molecule has 1 spiro atoms. The van der Waals surface area contributed by atoms with Gasteiger partial charge in [-0.05, 0) is 68.9 Å². The second-order valence-corrected chi connectivity index (χ2v) is 9.43. The van der Waals surface area contributed by atoms with Gasteiger partial charge < -0.3 is 20.4 Å². The summed E-state index contributed by atoms with van der Waals surface area (Å²) in [7, 11) is 3.91. The van der Waals surface area contributed by atoms with Crippen LogP contribution in [0.1, 0.15) is 24.0 Å².